The summed E-state index contributed by atoms with van der Waals surface area (Å²) in [6.07, 6.45) is 57.8. The third-order valence-electron chi connectivity index (χ3n) is 13.6. The Hall–Kier alpha value is -1.85. The van der Waals surface area contributed by atoms with Crippen LogP contribution in [-0.2, 0) is 14.3 Å². The summed E-state index contributed by atoms with van der Waals surface area (Å²) in [4.78, 5) is 13.0. The van der Waals surface area contributed by atoms with Gasteiger partial charge in [-0.2, -0.15) is 0 Å². The number of hydrogen-bond donors (Lipinski definition) is 6. The maximum absolute atomic E-state index is 13.0. The van der Waals surface area contributed by atoms with E-state index in [-0.39, 0.29) is 12.5 Å². The summed E-state index contributed by atoms with van der Waals surface area (Å²) in [5.74, 6) is -0.201. The van der Waals surface area contributed by atoms with Crippen LogP contribution in [0.25, 0.3) is 0 Å². The average molecular weight is 961 g/mol. The van der Waals surface area contributed by atoms with Crippen molar-refractivity contribution in [3.05, 3.63) is 48.6 Å². The second-order valence-corrected chi connectivity index (χ2v) is 20.1. The molecule has 1 rings (SSSR count). The zero-order valence-corrected chi connectivity index (χ0v) is 44.1. The molecule has 1 heterocycles. The molecule has 1 saturated heterocycles. The summed E-state index contributed by atoms with van der Waals surface area (Å²) in [6, 6.07) is -0.833. The second kappa shape index (κ2) is 48.8. The fraction of sp³-hybridized carbons (Fsp3) is 0.847. The standard InChI is InChI=1S/C59H109NO8/c1-3-5-7-9-11-13-15-17-18-19-20-21-22-23-24-25-26-27-28-29-30-31-32-33-34-35-36-37-38-40-42-44-46-48-53(62)52(51-67-59-58(66)57(65)56(64)54(50-61)68-59)60-55(63)49-47-45-43-41-39-16-14-12-10-8-6-4-2/h12,14,34-35,38,40,46,48,52-54,56-59,61-62,64-66H,3-11,13,15-33,36-37,39,41-45,47,49-51H2,1-2H3,(H,60,63)/b14-12-,35-34+,40-38+,48-46+. The number of rotatable bonds is 49. The molecule has 0 spiro atoms. The molecule has 0 aliphatic carbocycles. The Morgan fingerprint density at radius 1 is 0.485 bits per heavy atom. The summed E-state index contributed by atoms with van der Waals surface area (Å²) in [5, 5.41) is 54.3. The minimum atomic E-state index is -1.58. The summed E-state index contributed by atoms with van der Waals surface area (Å²) in [5.41, 5.74) is 0. The zero-order valence-electron chi connectivity index (χ0n) is 44.1. The lowest BCUT2D eigenvalue weighted by Gasteiger charge is -2.40. The number of hydrogen-bond acceptors (Lipinski definition) is 8. The average Bonchev–Trinajstić information content (AvgIpc) is 3.34. The van der Waals surface area contributed by atoms with E-state index in [1.54, 1.807) is 6.08 Å². The number of nitrogens with one attached hydrogen (secondary N) is 1. The van der Waals surface area contributed by atoms with E-state index >= 15 is 0 Å². The van der Waals surface area contributed by atoms with Crippen LogP contribution >= 0.6 is 0 Å². The van der Waals surface area contributed by atoms with Gasteiger partial charge < -0.3 is 40.3 Å². The number of aliphatic hydroxyl groups excluding tert-OH is 5. The van der Waals surface area contributed by atoms with E-state index in [2.05, 4.69) is 55.6 Å². The monoisotopic (exact) mass is 960 g/mol. The van der Waals surface area contributed by atoms with E-state index < -0.39 is 49.5 Å². The highest BCUT2D eigenvalue weighted by atomic mass is 16.7. The molecule has 398 valence electrons. The van der Waals surface area contributed by atoms with E-state index in [1.807, 2.05) is 6.08 Å². The van der Waals surface area contributed by atoms with Gasteiger partial charge in [0.05, 0.1) is 25.4 Å². The number of ether oxygens (including phenoxy) is 2. The predicted octanol–water partition coefficient (Wildman–Crippen LogP) is 14.1. The van der Waals surface area contributed by atoms with Gasteiger partial charge in [0.2, 0.25) is 5.91 Å². The van der Waals surface area contributed by atoms with Crippen molar-refractivity contribution in [3.63, 3.8) is 0 Å². The summed E-state index contributed by atoms with van der Waals surface area (Å²) < 4.78 is 11.2. The highest BCUT2D eigenvalue weighted by molar-refractivity contribution is 5.76. The molecule has 7 atom stereocenters. The zero-order chi connectivity index (χ0) is 49.4. The van der Waals surface area contributed by atoms with Crippen molar-refractivity contribution in [2.75, 3.05) is 13.2 Å². The van der Waals surface area contributed by atoms with Crippen molar-refractivity contribution in [1.29, 1.82) is 0 Å². The predicted molar refractivity (Wildman–Crippen MR) is 286 cm³/mol. The maximum atomic E-state index is 13.0. The van der Waals surface area contributed by atoms with Gasteiger partial charge in [-0.25, -0.2) is 0 Å². The van der Waals surface area contributed by atoms with Crippen LogP contribution in [0.3, 0.4) is 0 Å². The second-order valence-electron chi connectivity index (χ2n) is 20.1. The van der Waals surface area contributed by atoms with Gasteiger partial charge in [0, 0.05) is 6.42 Å². The van der Waals surface area contributed by atoms with Gasteiger partial charge in [0.25, 0.3) is 0 Å². The summed E-state index contributed by atoms with van der Waals surface area (Å²) >= 11 is 0. The molecule has 6 N–H and O–H groups in total. The summed E-state index contributed by atoms with van der Waals surface area (Å²) in [7, 11) is 0. The van der Waals surface area contributed by atoms with E-state index in [4.69, 9.17) is 9.47 Å². The molecule has 1 aliphatic heterocycles. The fourth-order valence-corrected chi connectivity index (χ4v) is 9.01. The van der Waals surface area contributed by atoms with Gasteiger partial charge in [0.1, 0.15) is 24.4 Å². The highest BCUT2D eigenvalue weighted by Crippen LogP contribution is 2.23. The third kappa shape index (κ3) is 37.9. The highest BCUT2D eigenvalue weighted by Gasteiger charge is 2.44. The van der Waals surface area contributed by atoms with Crippen molar-refractivity contribution in [1.82, 2.24) is 5.32 Å². The third-order valence-corrected chi connectivity index (χ3v) is 13.6. The first-order chi connectivity index (χ1) is 33.3. The van der Waals surface area contributed by atoms with Crippen molar-refractivity contribution in [3.8, 4) is 0 Å². The van der Waals surface area contributed by atoms with Crippen molar-refractivity contribution in [2.45, 2.75) is 307 Å². The number of aliphatic hydroxyl groups is 5. The number of amides is 1. The molecule has 68 heavy (non-hydrogen) atoms. The Balaban J connectivity index is 2.17. The lowest BCUT2D eigenvalue weighted by molar-refractivity contribution is -0.302. The lowest BCUT2D eigenvalue weighted by atomic mass is 9.99. The minimum absolute atomic E-state index is 0.201. The fourth-order valence-electron chi connectivity index (χ4n) is 9.01. The Labute approximate surface area is 418 Å². The van der Waals surface area contributed by atoms with Gasteiger partial charge in [0.15, 0.2) is 6.29 Å². The first-order valence-electron chi connectivity index (χ1n) is 28.9. The van der Waals surface area contributed by atoms with Crippen LogP contribution in [0.15, 0.2) is 48.6 Å². The molecule has 0 saturated carbocycles. The number of carbonyl (C=O) groups is 1. The largest absolute Gasteiger partial charge is 0.394 e. The SMILES string of the molecule is CCCCC/C=C\CCCCCCCC(=O)NC(COC1OC(CO)C(O)C(O)C1O)C(O)/C=C/CC/C=C/CC/C=C/CCCCCCCCCCCCCCCCCCCCCCCCC. The molecule has 1 amide bonds. The molecule has 0 aromatic carbocycles. The molecule has 1 aliphatic rings. The van der Waals surface area contributed by atoms with Crippen molar-refractivity contribution in [2.24, 2.45) is 0 Å². The number of allylic oxidation sites excluding steroid dienone is 7. The first-order valence-corrected chi connectivity index (χ1v) is 28.9. The molecule has 0 aromatic heterocycles. The number of unbranched alkanes of at least 4 members (excludes halogenated alkanes) is 33. The van der Waals surface area contributed by atoms with Crippen LogP contribution in [-0.4, -0.2) is 87.5 Å². The van der Waals surface area contributed by atoms with Gasteiger partial charge in [-0.05, 0) is 70.6 Å². The van der Waals surface area contributed by atoms with Crippen LogP contribution in [0.4, 0.5) is 0 Å². The molecule has 9 nitrogen and oxygen atoms in total. The topological polar surface area (TPSA) is 149 Å². The molecule has 7 unspecified atom stereocenters. The van der Waals surface area contributed by atoms with E-state index in [1.165, 1.54) is 173 Å². The van der Waals surface area contributed by atoms with Crippen molar-refractivity contribution >= 4 is 5.91 Å². The van der Waals surface area contributed by atoms with Crippen LogP contribution in [0.5, 0.6) is 0 Å². The van der Waals surface area contributed by atoms with Gasteiger partial charge in [-0.3, -0.25) is 4.79 Å². The normalized spacial score (nSPS) is 19.9. The Morgan fingerprint density at radius 2 is 0.838 bits per heavy atom. The molecule has 0 aromatic rings. The smallest absolute Gasteiger partial charge is 0.220 e. The Kier molecular flexibility index (Phi) is 46.0. The van der Waals surface area contributed by atoms with Gasteiger partial charge in [-0.1, -0.05) is 236 Å². The van der Waals surface area contributed by atoms with Gasteiger partial charge >= 0.3 is 0 Å². The molecular weight excluding hydrogens is 851 g/mol. The van der Waals surface area contributed by atoms with Crippen LogP contribution in [0, 0.1) is 0 Å². The van der Waals surface area contributed by atoms with Crippen LogP contribution in [0.2, 0.25) is 0 Å². The first kappa shape index (κ1) is 64.2. The molecule has 9 heteroatoms. The molecule has 0 bridgehead atoms. The molecule has 1 fully saturated rings. The number of carbonyl (C=O) groups excluding carboxylic acids is 1. The van der Waals surface area contributed by atoms with E-state index in [0.717, 1.165) is 70.6 Å². The van der Waals surface area contributed by atoms with Crippen molar-refractivity contribution < 1.29 is 39.8 Å². The molecular formula is C59H109NO8. The molecule has 0 radical (unpaired) electrons. The maximum Gasteiger partial charge on any atom is 0.220 e. The Bertz CT molecular complexity index is 1210. The van der Waals surface area contributed by atoms with E-state index in [0.29, 0.717) is 6.42 Å². The van der Waals surface area contributed by atoms with E-state index in [9.17, 15) is 30.3 Å². The Morgan fingerprint density at radius 3 is 1.26 bits per heavy atom. The summed E-state index contributed by atoms with van der Waals surface area (Å²) in [6.45, 7) is 3.73. The minimum Gasteiger partial charge on any atom is -0.394 e. The van der Waals surface area contributed by atoms with Gasteiger partial charge in [-0.15, -0.1) is 0 Å². The van der Waals surface area contributed by atoms with Crippen LogP contribution in [0.1, 0.15) is 264 Å². The lowest BCUT2D eigenvalue weighted by Crippen LogP contribution is -2.60. The van der Waals surface area contributed by atoms with Crippen LogP contribution < -0.4 is 5.32 Å². The quantitative estimate of drug-likeness (QED) is 0.0261.